The Hall–Kier alpha value is -4.37. The van der Waals surface area contributed by atoms with E-state index in [2.05, 4.69) is 30.8 Å². The molecule has 0 aliphatic carbocycles. The molecule has 5 aromatic rings. The number of fused-ring (bicyclic) bond motifs is 1. The molecule has 0 aliphatic rings. The quantitative estimate of drug-likeness (QED) is 0.353. The van der Waals surface area contributed by atoms with Gasteiger partial charge in [0.2, 0.25) is 0 Å². The van der Waals surface area contributed by atoms with Gasteiger partial charge in [-0.3, -0.25) is 9.59 Å². The number of anilines is 3. The highest BCUT2D eigenvalue weighted by Crippen LogP contribution is 2.28. The van der Waals surface area contributed by atoms with Crippen molar-refractivity contribution < 1.29 is 4.79 Å². The number of rotatable bonds is 5. The van der Waals surface area contributed by atoms with Crippen LogP contribution < -0.4 is 16.2 Å². The summed E-state index contributed by atoms with van der Waals surface area (Å²) < 4.78 is 1.06. The molecular formula is C24H18N6O2S. The molecule has 3 heterocycles. The summed E-state index contributed by atoms with van der Waals surface area (Å²) in [6, 6.07) is 18.7. The number of aryl methyl sites for hydroxylation is 1. The maximum Gasteiger partial charge on any atom is 0.287 e. The fourth-order valence-corrected chi connectivity index (χ4v) is 4.30. The topological polar surface area (TPSA) is 113 Å². The fraction of sp³-hybridized carbons (Fsp3) is 0.0417. The summed E-state index contributed by atoms with van der Waals surface area (Å²) >= 11 is 1.45. The van der Waals surface area contributed by atoms with E-state index >= 15 is 0 Å². The van der Waals surface area contributed by atoms with Gasteiger partial charge in [-0.1, -0.05) is 30.3 Å². The Morgan fingerprint density at radius 3 is 2.73 bits per heavy atom. The smallest absolute Gasteiger partial charge is 0.287 e. The normalized spacial score (nSPS) is 10.8. The van der Waals surface area contributed by atoms with Gasteiger partial charge in [0, 0.05) is 22.1 Å². The molecule has 3 N–H and O–H groups in total. The maximum absolute atomic E-state index is 12.9. The van der Waals surface area contributed by atoms with Crippen LogP contribution in [0.15, 0.2) is 78.0 Å². The number of nitrogens with one attached hydrogen (secondary N) is 3. The summed E-state index contributed by atoms with van der Waals surface area (Å²) in [7, 11) is 0. The second kappa shape index (κ2) is 8.64. The van der Waals surface area contributed by atoms with Gasteiger partial charge in [0.05, 0.1) is 10.6 Å². The molecule has 0 spiro atoms. The molecule has 3 aromatic heterocycles. The summed E-state index contributed by atoms with van der Waals surface area (Å²) in [6.45, 7) is 1.92. The standard InChI is InChI=1S/C24H18N6O2S/c1-14-6-7-15(18-12-19(23(31)30-29-18)27-22-8-9-25-13-26-22)10-17(14)28-24(32)21-11-16-4-2-3-5-20(16)33-21/h2-13H,1H3,(H,28,32)(H,30,31)(H,25,26,27,29). The zero-order valence-corrected chi connectivity index (χ0v) is 18.3. The first kappa shape index (κ1) is 20.5. The van der Waals surface area contributed by atoms with Gasteiger partial charge in [-0.15, -0.1) is 11.3 Å². The molecule has 5 rings (SSSR count). The second-order valence-electron chi connectivity index (χ2n) is 7.35. The number of nitrogens with zero attached hydrogens (tertiary/aromatic N) is 3. The number of carbonyl (C=O) groups excluding carboxylic acids is 1. The zero-order chi connectivity index (χ0) is 22.8. The van der Waals surface area contributed by atoms with Gasteiger partial charge in [0.15, 0.2) is 0 Å². The molecule has 33 heavy (non-hydrogen) atoms. The molecule has 1 amide bonds. The summed E-state index contributed by atoms with van der Waals surface area (Å²) in [5.41, 5.74) is 2.81. The van der Waals surface area contributed by atoms with Crippen molar-refractivity contribution in [1.29, 1.82) is 0 Å². The lowest BCUT2D eigenvalue weighted by Crippen LogP contribution is -2.14. The third-order valence-electron chi connectivity index (χ3n) is 5.08. The van der Waals surface area contributed by atoms with Crippen LogP contribution in [0.2, 0.25) is 0 Å². The number of hydrogen-bond donors (Lipinski definition) is 3. The summed E-state index contributed by atoms with van der Waals surface area (Å²) in [5, 5.41) is 13.7. The van der Waals surface area contributed by atoms with Crippen LogP contribution in [0.4, 0.5) is 17.2 Å². The highest BCUT2D eigenvalue weighted by atomic mass is 32.1. The average Bonchev–Trinajstić information content (AvgIpc) is 3.27. The van der Waals surface area contributed by atoms with Crippen molar-refractivity contribution in [2.24, 2.45) is 0 Å². The molecule has 2 aromatic carbocycles. The van der Waals surface area contributed by atoms with Crippen molar-refractivity contribution in [2.45, 2.75) is 6.92 Å². The molecule has 0 unspecified atom stereocenters. The minimum absolute atomic E-state index is 0.169. The Morgan fingerprint density at radius 1 is 1.03 bits per heavy atom. The lowest BCUT2D eigenvalue weighted by molar-refractivity contribution is 0.103. The van der Waals surface area contributed by atoms with E-state index in [4.69, 9.17) is 0 Å². The van der Waals surface area contributed by atoms with Crippen molar-refractivity contribution in [3.63, 3.8) is 0 Å². The molecule has 162 valence electrons. The predicted molar refractivity (Wildman–Crippen MR) is 130 cm³/mol. The lowest BCUT2D eigenvalue weighted by atomic mass is 10.1. The number of aromatic amines is 1. The number of hydrogen-bond acceptors (Lipinski definition) is 7. The minimum Gasteiger partial charge on any atom is -0.336 e. The fourth-order valence-electron chi connectivity index (χ4n) is 3.34. The zero-order valence-electron chi connectivity index (χ0n) is 17.5. The molecule has 0 aliphatic heterocycles. The van der Waals surface area contributed by atoms with E-state index in [0.29, 0.717) is 27.8 Å². The van der Waals surface area contributed by atoms with Crippen molar-refractivity contribution in [2.75, 3.05) is 10.6 Å². The monoisotopic (exact) mass is 454 g/mol. The Balaban J connectivity index is 1.43. The van der Waals surface area contributed by atoms with E-state index in [1.165, 1.54) is 17.7 Å². The van der Waals surface area contributed by atoms with Crippen LogP contribution >= 0.6 is 11.3 Å². The van der Waals surface area contributed by atoms with Crippen LogP contribution in [0.25, 0.3) is 21.3 Å². The lowest BCUT2D eigenvalue weighted by Gasteiger charge is -2.11. The van der Waals surface area contributed by atoms with E-state index in [1.807, 2.05) is 55.5 Å². The third kappa shape index (κ3) is 4.35. The van der Waals surface area contributed by atoms with Gasteiger partial charge in [-0.05, 0) is 48.2 Å². The first-order valence-corrected chi connectivity index (χ1v) is 10.9. The molecule has 0 atom stereocenters. The van der Waals surface area contributed by atoms with Crippen molar-refractivity contribution in [3.05, 3.63) is 94.0 Å². The first-order chi connectivity index (χ1) is 16.1. The molecule has 0 bridgehead atoms. The van der Waals surface area contributed by atoms with Gasteiger partial charge < -0.3 is 10.6 Å². The highest BCUT2D eigenvalue weighted by molar-refractivity contribution is 7.20. The molecule has 8 nitrogen and oxygen atoms in total. The number of aromatic nitrogens is 4. The van der Waals surface area contributed by atoms with Gasteiger partial charge in [0.25, 0.3) is 11.5 Å². The van der Waals surface area contributed by atoms with Crippen molar-refractivity contribution >= 4 is 44.5 Å². The SMILES string of the molecule is Cc1ccc(-c2cc(Nc3ccncn3)c(=O)[nH]n2)cc1NC(=O)c1cc2ccccc2s1. The molecule has 9 heteroatoms. The molecule has 0 radical (unpaired) electrons. The van der Waals surface area contributed by atoms with Crippen LogP contribution in [0, 0.1) is 6.92 Å². The largest absolute Gasteiger partial charge is 0.336 e. The van der Waals surface area contributed by atoms with Crippen LogP contribution in [0.3, 0.4) is 0 Å². The van der Waals surface area contributed by atoms with Crippen LogP contribution in [-0.2, 0) is 0 Å². The number of amides is 1. The van der Waals surface area contributed by atoms with Crippen molar-refractivity contribution in [3.8, 4) is 11.3 Å². The maximum atomic E-state index is 12.9. The van der Waals surface area contributed by atoms with Crippen LogP contribution in [-0.4, -0.2) is 26.1 Å². The predicted octanol–water partition coefficient (Wildman–Crippen LogP) is 4.75. The van der Waals surface area contributed by atoms with Gasteiger partial charge in [-0.2, -0.15) is 5.10 Å². The third-order valence-corrected chi connectivity index (χ3v) is 6.19. The van der Waals surface area contributed by atoms with Crippen molar-refractivity contribution in [1.82, 2.24) is 20.2 Å². The summed E-state index contributed by atoms with van der Waals surface area (Å²) in [4.78, 5) is 33.7. The Morgan fingerprint density at radius 2 is 1.91 bits per heavy atom. The highest BCUT2D eigenvalue weighted by Gasteiger charge is 2.13. The van der Waals surface area contributed by atoms with E-state index in [-0.39, 0.29) is 11.5 Å². The Labute approximate surface area is 192 Å². The van der Waals surface area contributed by atoms with E-state index in [1.54, 1.807) is 18.3 Å². The number of carbonyl (C=O) groups is 1. The number of H-pyrrole nitrogens is 1. The molecule has 0 saturated heterocycles. The van der Waals surface area contributed by atoms with Gasteiger partial charge in [-0.25, -0.2) is 15.1 Å². The Bertz CT molecular complexity index is 1490. The molecule has 0 saturated carbocycles. The van der Waals surface area contributed by atoms with Crippen LogP contribution in [0.5, 0.6) is 0 Å². The average molecular weight is 455 g/mol. The summed E-state index contributed by atoms with van der Waals surface area (Å²) in [6.07, 6.45) is 2.97. The molecular weight excluding hydrogens is 436 g/mol. The van der Waals surface area contributed by atoms with Gasteiger partial charge in [0.1, 0.15) is 17.8 Å². The van der Waals surface area contributed by atoms with Crippen LogP contribution in [0.1, 0.15) is 15.2 Å². The van der Waals surface area contributed by atoms with E-state index in [0.717, 1.165) is 21.2 Å². The molecule has 0 fully saturated rings. The van der Waals surface area contributed by atoms with E-state index < -0.39 is 0 Å². The number of benzene rings is 2. The van der Waals surface area contributed by atoms with E-state index in [9.17, 15) is 9.59 Å². The second-order valence-corrected chi connectivity index (χ2v) is 8.43. The summed E-state index contributed by atoms with van der Waals surface area (Å²) in [5.74, 6) is 0.324. The number of thiophene rings is 1. The van der Waals surface area contributed by atoms with Gasteiger partial charge >= 0.3 is 0 Å². The Kier molecular flexibility index (Phi) is 5.37. The first-order valence-electron chi connectivity index (χ1n) is 10.1. The minimum atomic E-state index is -0.372.